The van der Waals surface area contributed by atoms with Gasteiger partial charge in [0.1, 0.15) is 5.75 Å². The van der Waals surface area contributed by atoms with Gasteiger partial charge in [-0.15, -0.1) is 0 Å². The summed E-state index contributed by atoms with van der Waals surface area (Å²) in [7, 11) is 1.97. The average Bonchev–Trinajstić information content (AvgIpc) is 2.54. The topological polar surface area (TPSA) is 41.6 Å². The maximum atomic E-state index is 12.2. The Morgan fingerprint density at radius 2 is 2.09 bits per heavy atom. The molecule has 0 aliphatic carbocycles. The molecular weight excluding hydrogens is 323 g/mol. The quantitative estimate of drug-likeness (QED) is 0.861. The Kier molecular flexibility index (Phi) is 6.80. The molecule has 4 nitrogen and oxygen atoms in total. The Morgan fingerprint density at radius 1 is 1.36 bits per heavy atom. The first-order valence-electron chi connectivity index (χ1n) is 7.60. The largest absolute Gasteiger partial charge is 0.482 e. The first-order chi connectivity index (χ1) is 10.6. The highest BCUT2D eigenvalue weighted by molar-refractivity contribution is 6.34. The third kappa shape index (κ3) is 5.04. The fraction of sp³-hybridized carbons (Fsp3) is 0.562. The molecule has 6 heteroatoms. The van der Waals surface area contributed by atoms with Gasteiger partial charge in [-0.3, -0.25) is 4.79 Å². The predicted octanol–water partition coefficient (Wildman–Crippen LogP) is 3.22. The molecule has 0 atom stereocenters. The van der Waals surface area contributed by atoms with Crippen LogP contribution in [0.15, 0.2) is 18.2 Å². The van der Waals surface area contributed by atoms with E-state index in [1.54, 1.807) is 18.2 Å². The summed E-state index contributed by atoms with van der Waals surface area (Å²) in [5, 5.41) is 4.17. The van der Waals surface area contributed by atoms with E-state index in [-0.39, 0.29) is 12.5 Å². The summed E-state index contributed by atoms with van der Waals surface area (Å²) < 4.78 is 5.51. The van der Waals surface area contributed by atoms with Crippen LogP contribution in [0, 0.1) is 5.92 Å². The summed E-state index contributed by atoms with van der Waals surface area (Å²) in [6.45, 7) is 2.65. The summed E-state index contributed by atoms with van der Waals surface area (Å²) in [4.78, 5) is 14.1. The van der Waals surface area contributed by atoms with Gasteiger partial charge in [0.2, 0.25) is 0 Å². The fourth-order valence-corrected chi connectivity index (χ4v) is 2.97. The van der Waals surface area contributed by atoms with Gasteiger partial charge in [-0.1, -0.05) is 23.2 Å². The molecule has 0 bridgehead atoms. The third-order valence-corrected chi connectivity index (χ3v) is 4.56. The van der Waals surface area contributed by atoms with Gasteiger partial charge in [0, 0.05) is 24.2 Å². The normalized spacial score (nSPS) is 15.9. The lowest BCUT2D eigenvalue weighted by Crippen LogP contribution is -2.41. The van der Waals surface area contributed by atoms with Crippen molar-refractivity contribution >= 4 is 29.1 Å². The van der Waals surface area contributed by atoms with Gasteiger partial charge in [-0.25, -0.2) is 0 Å². The molecule has 1 aromatic carbocycles. The fourth-order valence-electron chi connectivity index (χ4n) is 2.64. The number of nitrogens with one attached hydrogen (secondary N) is 1. The highest BCUT2D eigenvalue weighted by Gasteiger charge is 2.22. The number of nitrogens with zero attached hydrogens (tertiary/aromatic N) is 1. The minimum absolute atomic E-state index is 0.00123. The smallest absolute Gasteiger partial charge is 0.260 e. The molecule has 1 aliphatic heterocycles. The molecule has 22 heavy (non-hydrogen) atoms. The lowest BCUT2D eigenvalue weighted by Gasteiger charge is -2.32. The molecule has 2 rings (SSSR count). The average molecular weight is 345 g/mol. The number of likely N-dealkylation sites (tertiary alicyclic amines) is 1. The summed E-state index contributed by atoms with van der Waals surface area (Å²) in [6, 6.07) is 4.98. The maximum Gasteiger partial charge on any atom is 0.260 e. The number of carbonyl (C=O) groups is 1. The summed E-state index contributed by atoms with van der Waals surface area (Å²) in [6.07, 6.45) is 3.30. The predicted molar refractivity (Wildman–Crippen MR) is 89.8 cm³/mol. The number of piperidine rings is 1. The molecule has 122 valence electrons. The molecule has 0 saturated carbocycles. The second-order valence-corrected chi connectivity index (χ2v) is 6.42. The van der Waals surface area contributed by atoms with Gasteiger partial charge >= 0.3 is 0 Å². The van der Waals surface area contributed by atoms with Crippen molar-refractivity contribution in [2.24, 2.45) is 5.92 Å². The molecule has 1 amide bonds. The van der Waals surface area contributed by atoms with Crippen molar-refractivity contribution in [2.75, 3.05) is 33.3 Å². The SMILES string of the molecule is CNCCC1CCN(C(=O)COc2cc(Cl)ccc2Cl)CC1. The van der Waals surface area contributed by atoms with E-state index in [0.717, 1.165) is 32.5 Å². The van der Waals surface area contributed by atoms with Crippen LogP contribution in [-0.4, -0.2) is 44.1 Å². The minimum Gasteiger partial charge on any atom is -0.482 e. The van der Waals surface area contributed by atoms with Gasteiger partial charge in [0.15, 0.2) is 6.61 Å². The summed E-state index contributed by atoms with van der Waals surface area (Å²) in [5.74, 6) is 1.16. The lowest BCUT2D eigenvalue weighted by atomic mass is 9.93. The van der Waals surface area contributed by atoms with Crippen molar-refractivity contribution in [2.45, 2.75) is 19.3 Å². The Hall–Kier alpha value is -0.970. The third-order valence-electron chi connectivity index (χ3n) is 4.01. The molecule has 1 aromatic rings. The van der Waals surface area contributed by atoms with Crippen LogP contribution in [-0.2, 0) is 4.79 Å². The van der Waals surface area contributed by atoms with E-state index in [4.69, 9.17) is 27.9 Å². The number of hydrogen-bond acceptors (Lipinski definition) is 3. The van der Waals surface area contributed by atoms with Crippen LogP contribution in [0.25, 0.3) is 0 Å². The number of benzene rings is 1. The van der Waals surface area contributed by atoms with Crippen molar-refractivity contribution in [1.29, 1.82) is 0 Å². The summed E-state index contributed by atoms with van der Waals surface area (Å²) >= 11 is 11.9. The number of amides is 1. The molecule has 1 saturated heterocycles. The van der Waals surface area contributed by atoms with Crippen molar-refractivity contribution in [3.05, 3.63) is 28.2 Å². The van der Waals surface area contributed by atoms with Crippen LogP contribution >= 0.6 is 23.2 Å². The first-order valence-corrected chi connectivity index (χ1v) is 8.36. The molecule has 1 aliphatic rings. The molecule has 1 fully saturated rings. The van der Waals surface area contributed by atoms with E-state index >= 15 is 0 Å². The highest BCUT2D eigenvalue weighted by atomic mass is 35.5. The Bertz CT molecular complexity index is 503. The van der Waals surface area contributed by atoms with Gasteiger partial charge in [-0.05, 0) is 50.9 Å². The molecule has 1 heterocycles. The number of ether oxygens (including phenoxy) is 1. The maximum absolute atomic E-state index is 12.2. The van der Waals surface area contributed by atoms with Gasteiger partial charge < -0.3 is 15.0 Å². The second kappa shape index (κ2) is 8.61. The van der Waals surface area contributed by atoms with Crippen LogP contribution in [0.2, 0.25) is 10.0 Å². The molecule has 0 unspecified atom stereocenters. The van der Waals surface area contributed by atoms with Crippen molar-refractivity contribution in [1.82, 2.24) is 10.2 Å². The number of hydrogen-bond donors (Lipinski definition) is 1. The molecule has 0 spiro atoms. The van der Waals surface area contributed by atoms with E-state index < -0.39 is 0 Å². The molecule has 0 aromatic heterocycles. The number of rotatable bonds is 6. The van der Waals surface area contributed by atoms with Gasteiger partial charge in [0.25, 0.3) is 5.91 Å². The first kappa shape index (κ1) is 17.4. The Labute approximate surface area is 141 Å². The van der Waals surface area contributed by atoms with Crippen LogP contribution in [0.1, 0.15) is 19.3 Å². The summed E-state index contributed by atoms with van der Waals surface area (Å²) in [5.41, 5.74) is 0. The van der Waals surface area contributed by atoms with Gasteiger partial charge in [0.05, 0.1) is 5.02 Å². The van der Waals surface area contributed by atoms with Crippen LogP contribution in [0.3, 0.4) is 0 Å². The van der Waals surface area contributed by atoms with Crippen LogP contribution in [0.5, 0.6) is 5.75 Å². The van der Waals surface area contributed by atoms with Crippen LogP contribution in [0.4, 0.5) is 0 Å². The van der Waals surface area contributed by atoms with Crippen molar-refractivity contribution in [3.63, 3.8) is 0 Å². The second-order valence-electron chi connectivity index (χ2n) is 5.58. The van der Waals surface area contributed by atoms with E-state index in [9.17, 15) is 4.79 Å². The standard InChI is InChI=1S/C16H22Cl2N2O2/c1-19-7-4-12-5-8-20(9-6-12)16(21)11-22-15-10-13(17)2-3-14(15)18/h2-3,10,12,19H,4-9,11H2,1H3. The minimum atomic E-state index is 0.00123. The Morgan fingerprint density at radius 3 is 2.77 bits per heavy atom. The van der Waals surface area contributed by atoms with E-state index in [1.807, 2.05) is 11.9 Å². The van der Waals surface area contributed by atoms with Crippen LogP contribution < -0.4 is 10.1 Å². The molecular formula is C16H22Cl2N2O2. The van der Waals surface area contributed by atoms with Crippen molar-refractivity contribution < 1.29 is 9.53 Å². The van der Waals surface area contributed by atoms with Crippen molar-refractivity contribution in [3.8, 4) is 5.75 Å². The molecule has 0 radical (unpaired) electrons. The number of halogens is 2. The number of carbonyl (C=O) groups excluding carboxylic acids is 1. The highest BCUT2D eigenvalue weighted by Crippen LogP contribution is 2.28. The Balaban J connectivity index is 1.77. The van der Waals surface area contributed by atoms with E-state index in [2.05, 4.69) is 5.32 Å². The lowest BCUT2D eigenvalue weighted by molar-refractivity contribution is -0.134. The van der Waals surface area contributed by atoms with E-state index in [1.165, 1.54) is 6.42 Å². The molecule has 1 N–H and O–H groups in total. The zero-order valence-electron chi connectivity index (χ0n) is 12.8. The zero-order chi connectivity index (χ0) is 15.9. The zero-order valence-corrected chi connectivity index (χ0v) is 14.3. The van der Waals surface area contributed by atoms with Gasteiger partial charge in [-0.2, -0.15) is 0 Å². The monoisotopic (exact) mass is 344 g/mol. The van der Waals surface area contributed by atoms with E-state index in [0.29, 0.717) is 21.7 Å².